The van der Waals surface area contributed by atoms with E-state index in [9.17, 15) is 4.79 Å². The highest BCUT2D eigenvalue weighted by Gasteiger charge is 2.25. The van der Waals surface area contributed by atoms with Crippen LogP contribution in [0.15, 0.2) is 30.3 Å². The number of carbonyl (C=O) groups excluding carboxylic acids is 1. The van der Waals surface area contributed by atoms with Crippen molar-refractivity contribution >= 4 is 11.6 Å². The van der Waals surface area contributed by atoms with Gasteiger partial charge in [0, 0.05) is 11.5 Å². The number of rotatable bonds is 4. The highest BCUT2D eigenvalue weighted by Crippen LogP contribution is 2.31. The van der Waals surface area contributed by atoms with Crippen LogP contribution in [-0.2, 0) is 11.2 Å². The van der Waals surface area contributed by atoms with Crippen molar-refractivity contribution in [3.63, 3.8) is 0 Å². The van der Waals surface area contributed by atoms with E-state index in [2.05, 4.69) is 22.4 Å². The van der Waals surface area contributed by atoms with Crippen molar-refractivity contribution in [2.75, 3.05) is 5.32 Å². The summed E-state index contributed by atoms with van der Waals surface area (Å²) in [5.74, 6) is 0.300. The molecule has 1 saturated carbocycles. The monoisotopic (exact) mass is 283 g/mol. The van der Waals surface area contributed by atoms with Gasteiger partial charge >= 0.3 is 0 Å². The lowest BCUT2D eigenvalue weighted by atomic mass is 10.1. The third-order valence-electron chi connectivity index (χ3n) is 4.22. The van der Waals surface area contributed by atoms with Crippen molar-refractivity contribution in [3.8, 4) is 11.3 Å². The van der Waals surface area contributed by atoms with Crippen LogP contribution in [0.3, 0.4) is 0 Å². The van der Waals surface area contributed by atoms with Crippen molar-refractivity contribution in [1.29, 1.82) is 0 Å². The molecule has 4 nitrogen and oxygen atoms in total. The second-order valence-electron chi connectivity index (χ2n) is 5.62. The summed E-state index contributed by atoms with van der Waals surface area (Å²) in [6, 6.07) is 9.98. The summed E-state index contributed by atoms with van der Waals surface area (Å²) in [5.41, 5.74) is 3.69. The van der Waals surface area contributed by atoms with Crippen LogP contribution in [0.25, 0.3) is 11.3 Å². The Hall–Kier alpha value is -2.10. The molecule has 110 valence electrons. The zero-order valence-corrected chi connectivity index (χ0v) is 12.4. The number of aromatic nitrogens is 2. The molecule has 2 aromatic rings. The Bertz CT molecular complexity index is 612. The minimum absolute atomic E-state index is 0.140. The lowest BCUT2D eigenvalue weighted by Crippen LogP contribution is -2.21. The topological polar surface area (TPSA) is 57.8 Å². The molecule has 1 aromatic carbocycles. The molecule has 1 heterocycles. The molecule has 1 fully saturated rings. The number of anilines is 1. The van der Waals surface area contributed by atoms with Gasteiger partial charge in [-0.05, 0) is 19.3 Å². The first kappa shape index (κ1) is 13.9. The molecule has 21 heavy (non-hydrogen) atoms. The minimum Gasteiger partial charge on any atom is -0.322 e. The normalized spacial score (nSPS) is 15.3. The fourth-order valence-electron chi connectivity index (χ4n) is 2.99. The molecule has 1 aliphatic carbocycles. The summed E-state index contributed by atoms with van der Waals surface area (Å²) >= 11 is 0. The second-order valence-corrected chi connectivity index (χ2v) is 5.62. The zero-order chi connectivity index (χ0) is 14.7. The molecule has 1 aromatic heterocycles. The van der Waals surface area contributed by atoms with Gasteiger partial charge in [-0.3, -0.25) is 9.89 Å². The van der Waals surface area contributed by atoms with Gasteiger partial charge in [0.1, 0.15) is 5.69 Å². The SMILES string of the molecule is CCc1[nH]nc(-c2ccccc2)c1NC(=O)C1CCCC1. The first-order valence-electron chi connectivity index (χ1n) is 7.73. The fraction of sp³-hybridized carbons (Fsp3) is 0.412. The number of aromatic amines is 1. The molecule has 3 rings (SSSR count). The summed E-state index contributed by atoms with van der Waals surface area (Å²) in [7, 11) is 0. The van der Waals surface area contributed by atoms with E-state index < -0.39 is 0 Å². The molecule has 0 saturated heterocycles. The molecular weight excluding hydrogens is 262 g/mol. The lowest BCUT2D eigenvalue weighted by Gasteiger charge is -2.12. The van der Waals surface area contributed by atoms with Gasteiger partial charge < -0.3 is 5.32 Å². The Kier molecular flexibility index (Phi) is 4.04. The first-order valence-corrected chi connectivity index (χ1v) is 7.73. The van der Waals surface area contributed by atoms with E-state index in [1.54, 1.807) is 0 Å². The van der Waals surface area contributed by atoms with E-state index in [4.69, 9.17) is 0 Å². The maximum atomic E-state index is 12.4. The second kappa shape index (κ2) is 6.12. The number of carbonyl (C=O) groups is 1. The molecule has 1 aliphatic rings. The van der Waals surface area contributed by atoms with Gasteiger partial charge in [-0.25, -0.2) is 0 Å². The molecule has 0 aliphatic heterocycles. The van der Waals surface area contributed by atoms with Crippen molar-refractivity contribution in [2.45, 2.75) is 39.0 Å². The van der Waals surface area contributed by atoms with E-state index in [0.29, 0.717) is 0 Å². The van der Waals surface area contributed by atoms with E-state index in [1.807, 2.05) is 30.3 Å². The summed E-state index contributed by atoms with van der Waals surface area (Å²) in [4.78, 5) is 12.4. The first-order chi connectivity index (χ1) is 10.3. The Morgan fingerprint density at radius 1 is 1.29 bits per heavy atom. The largest absolute Gasteiger partial charge is 0.322 e. The van der Waals surface area contributed by atoms with Gasteiger partial charge in [0.2, 0.25) is 5.91 Å². The number of aryl methyl sites for hydroxylation is 1. The number of benzene rings is 1. The number of hydrogen-bond donors (Lipinski definition) is 2. The molecule has 0 atom stereocenters. The molecule has 0 spiro atoms. The van der Waals surface area contributed by atoms with Gasteiger partial charge in [0.25, 0.3) is 0 Å². The van der Waals surface area contributed by atoms with Crippen LogP contribution >= 0.6 is 0 Å². The van der Waals surface area contributed by atoms with Crippen molar-refractivity contribution in [3.05, 3.63) is 36.0 Å². The summed E-state index contributed by atoms with van der Waals surface area (Å²) in [6.07, 6.45) is 5.16. The molecule has 0 bridgehead atoms. The molecule has 0 unspecified atom stereocenters. The van der Waals surface area contributed by atoms with Crippen molar-refractivity contribution < 1.29 is 4.79 Å². The molecular formula is C17H21N3O. The van der Waals surface area contributed by atoms with Gasteiger partial charge in [-0.15, -0.1) is 0 Å². The molecule has 4 heteroatoms. The maximum Gasteiger partial charge on any atom is 0.227 e. The van der Waals surface area contributed by atoms with Gasteiger partial charge in [0.05, 0.1) is 11.4 Å². The smallest absolute Gasteiger partial charge is 0.227 e. The summed E-state index contributed by atoms with van der Waals surface area (Å²) < 4.78 is 0. The Morgan fingerprint density at radius 3 is 2.67 bits per heavy atom. The van der Waals surface area contributed by atoms with E-state index in [1.165, 1.54) is 0 Å². The third kappa shape index (κ3) is 2.84. The predicted molar refractivity (Wildman–Crippen MR) is 84.0 cm³/mol. The van der Waals surface area contributed by atoms with Crippen LogP contribution < -0.4 is 5.32 Å². The summed E-state index contributed by atoms with van der Waals surface area (Å²) in [6.45, 7) is 2.06. The predicted octanol–water partition coefficient (Wildman–Crippen LogP) is 3.77. The highest BCUT2D eigenvalue weighted by molar-refractivity contribution is 5.97. The lowest BCUT2D eigenvalue weighted by molar-refractivity contribution is -0.119. The van der Waals surface area contributed by atoms with E-state index in [-0.39, 0.29) is 11.8 Å². The highest BCUT2D eigenvalue weighted by atomic mass is 16.1. The van der Waals surface area contributed by atoms with Crippen molar-refractivity contribution in [2.24, 2.45) is 5.92 Å². The number of nitrogens with zero attached hydrogens (tertiary/aromatic N) is 1. The van der Waals surface area contributed by atoms with Crippen molar-refractivity contribution in [1.82, 2.24) is 10.2 Å². The average Bonchev–Trinajstić information content (AvgIpc) is 3.17. The van der Waals surface area contributed by atoms with Crippen LogP contribution in [0.4, 0.5) is 5.69 Å². The Balaban J connectivity index is 1.89. The number of nitrogens with one attached hydrogen (secondary N) is 2. The minimum atomic E-state index is 0.140. The molecule has 2 N–H and O–H groups in total. The van der Waals surface area contributed by atoms with E-state index in [0.717, 1.165) is 54.7 Å². The average molecular weight is 283 g/mol. The third-order valence-corrected chi connectivity index (χ3v) is 4.22. The fourth-order valence-corrected chi connectivity index (χ4v) is 2.99. The van der Waals surface area contributed by atoms with Crippen LogP contribution in [0.5, 0.6) is 0 Å². The molecule has 0 radical (unpaired) electrons. The number of H-pyrrole nitrogens is 1. The van der Waals surface area contributed by atoms with Crippen LogP contribution in [0.1, 0.15) is 38.3 Å². The molecule has 1 amide bonds. The zero-order valence-electron chi connectivity index (χ0n) is 12.4. The van der Waals surface area contributed by atoms with Gasteiger partial charge in [-0.2, -0.15) is 5.10 Å². The van der Waals surface area contributed by atoms with Gasteiger partial charge in [-0.1, -0.05) is 50.1 Å². The van der Waals surface area contributed by atoms with E-state index >= 15 is 0 Å². The van der Waals surface area contributed by atoms with Gasteiger partial charge in [0.15, 0.2) is 0 Å². The van der Waals surface area contributed by atoms with Crippen LogP contribution in [-0.4, -0.2) is 16.1 Å². The Morgan fingerprint density at radius 2 is 2.00 bits per heavy atom. The Labute approximate surface area is 125 Å². The number of hydrogen-bond acceptors (Lipinski definition) is 2. The quantitative estimate of drug-likeness (QED) is 0.897. The van der Waals surface area contributed by atoms with Crippen LogP contribution in [0, 0.1) is 5.92 Å². The number of amides is 1. The standard InChI is InChI=1S/C17H21N3O/c1-2-14-16(18-17(21)13-10-6-7-11-13)15(20-19-14)12-8-4-3-5-9-12/h3-5,8-9,13H,2,6-7,10-11H2,1H3,(H,18,21)(H,19,20). The summed E-state index contributed by atoms with van der Waals surface area (Å²) in [5, 5.41) is 10.6. The van der Waals surface area contributed by atoms with Crippen LogP contribution in [0.2, 0.25) is 0 Å². The maximum absolute atomic E-state index is 12.4.